The van der Waals surface area contributed by atoms with Crippen LogP contribution in [-0.2, 0) is 0 Å². The van der Waals surface area contributed by atoms with E-state index in [1.165, 1.54) is 19.3 Å². The normalized spacial score (nSPS) is 13.9. The van der Waals surface area contributed by atoms with E-state index in [0.717, 1.165) is 68.8 Å². The summed E-state index contributed by atoms with van der Waals surface area (Å²) in [6, 6.07) is 27.3. The lowest BCUT2D eigenvalue weighted by Crippen LogP contribution is -2.14. The summed E-state index contributed by atoms with van der Waals surface area (Å²) in [5.41, 5.74) is 7.27. The molecule has 4 aromatic carbocycles. The maximum atomic E-state index is 11.7. The summed E-state index contributed by atoms with van der Waals surface area (Å²) in [7, 11) is 1.65. The maximum absolute atomic E-state index is 11.7. The van der Waals surface area contributed by atoms with Crippen molar-refractivity contribution in [3.05, 3.63) is 101 Å². The fraction of sp³-hybridized carbons (Fsp3) is 0.194. The zero-order valence-electron chi connectivity index (χ0n) is 24.1. The molecule has 0 atom stereocenters. The number of methoxy groups -OCH3 is 1. The summed E-state index contributed by atoms with van der Waals surface area (Å²) in [6.45, 7) is 0. The first kappa shape index (κ1) is 28.4. The molecule has 7 rings (SSSR count). The van der Waals surface area contributed by atoms with E-state index in [4.69, 9.17) is 37.9 Å². The number of aromatic nitrogens is 3. The molecule has 2 heterocycles. The van der Waals surface area contributed by atoms with Crippen molar-refractivity contribution in [1.82, 2.24) is 14.5 Å². The molecule has 1 aliphatic rings. The van der Waals surface area contributed by atoms with Crippen LogP contribution in [0.1, 0.15) is 48.5 Å². The van der Waals surface area contributed by atoms with Gasteiger partial charge in [0.05, 0.1) is 34.9 Å². The average Bonchev–Trinajstić information content (AvgIpc) is 3.43. The van der Waals surface area contributed by atoms with Gasteiger partial charge in [-0.2, -0.15) is 0 Å². The minimum atomic E-state index is -0.953. The second kappa shape index (κ2) is 11.6. The van der Waals surface area contributed by atoms with Crippen LogP contribution in [0.5, 0.6) is 5.75 Å². The van der Waals surface area contributed by atoms with Crippen LogP contribution >= 0.6 is 23.2 Å². The van der Waals surface area contributed by atoms with Gasteiger partial charge in [-0.05, 0) is 96.8 Å². The number of benzene rings is 4. The predicted molar refractivity (Wildman–Crippen MR) is 177 cm³/mol. The third-order valence-corrected chi connectivity index (χ3v) is 8.94. The Kier molecular flexibility index (Phi) is 7.48. The van der Waals surface area contributed by atoms with Gasteiger partial charge in [0.15, 0.2) is 0 Å². The number of pyridine rings is 1. The first-order valence-electron chi connectivity index (χ1n) is 14.7. The molecule has 0 radical (unpaired) electrons. The van der Waals surface area contributed by atoms with Gasteiger partial charge in [0, 0.05) is 32.6 Å². The molecule has 1 fully saturated rings. The molecule has 0 spiro atoms. The molecule has 0 saturated heterocycles. The quantitative estimate of drug-likeness (QED) is 0.200. The van der Waals surface area contributed by atoms with Crippen molar-refractivity contribution in [2.75, 3.05) is 7.11 Å². The number of carboxylic acids is 1. The average molecular weight is 623 g/mol. The summed E-state index contributed by atoms with van der Waals surface area (Å²) in [5, 5.41) is 11.7. The summed E-state index contributed by atoms with van der Waals surface area (Å²) < 4.78 is 7.87. The Hall–Kier alpha value is -4.39. The Morgan fingerprint density at radius 3 is 2.34 bits per heavy atom. The van der Waals surface area contributed by atoms with Crippen LogP contribution in [0.2, 0.25) is 10.0 Å². The van der Waals surface area contributed by atoms with Gasteiger partial charge in [0.1, 0.15) is 11.6 Å². The highest BCUT2D eigenvalue weighted by molar-refractivity contribution is 6.35. The van der Waals surface area contributed by atoms with Crippen LogP contribution in [0.3, 0.4) is 0 Å². The SMILES string of the molecule is COc1ccc(-c2cc(Cl)cc(Cl)c2)c(-c2ccc3cc(-c4nc5cc(C(=O)O)ccc5n4C4CCCCC4)ccc3n2)c1. The highest BCUT2D eigenvalue weighted by Gasteiger charge is 2.23. The number of hydrogen-bond acceptors (Lipinski definition) is 4. The molecule has 6 nitrogen and oxygen atoms in total. The van der Waals surface area contributed by atoms with Crippen LogP contribution in [0, 0.1) is 0 Å². The first-order valence-corrected chi connectivity index (χ1v) is 15.4. The number of aromatic carboxylic acids is 1. The van der Waals surface area contributed by atoms with E-state index in [9.17, 15) is 9.90 Å². The van der Waals surface area contributed by atoms with E-state index in [-0.39, 0.29) is 5.56 Å². The van der Waals surface area contributed by atoms with Gasteiger partial charge in [0.2, 0.25) is 0 Å². The van der Waals surface area contributed by atoms with Gasteiger partial charge in [0.25, 0.3) is 0 Å². The van der Waals surface area contributed by atoms with Crippen molar-refractivity contribution >= 4 is 51.1 Å². The number of imidazole rings is 1. The summed E-state index contributed by atoms with van der Waals surface area (Å²) in [4.78, 5) is 21.7. The van der Waals surface area contributed by atoms with E-state index in [0.29, 0.717) is 21.6 Å². The number of carbonyl (C=O) groups is 1. The van der Waals surface area contributed by atoms with Gasteiger partial charge >= 0.3 is 5.97 Å². The van der Waals surface area contributed by atoms with Gasteiger partial charge in [-0.1, -0.05) is 54.6 Å². The lowest BCUT2D eigenvalue weighted by atomic mass is 9.94. The third kappa shape index (κ3) is 5.29. The van der Waals surface area contributed by atoms with Crippen LogP contribution < -0.4 is 4.74 Å². The molecule has 0 aliphatic heterocycles. The largest absolute Gasteiger partial charge is 0.497 e. The zero-order chi connectivity index (χ0) is 30.4. The fourth-order valence-corrected chi connectivity index (χ4v) is 6.91. The molecule has 220 valence electrons. The van der Waals surface area contributed by atoms with Crippen LogP contribution in [0.4, 0.5) is 0 Å². The van der Waals surface area contributed by atoms with E-state index in [2.05, 4.69) is 22.8 Å². The van der Waals surface area contributed by atoms with Crippen LogP contribution in [0.25, 0.3) is 55.7 Å². The van der Waals surface area contributed by atoms with Crippen molar-refractivity contribution in [3.63, 3.8) is 0 Å². The lowest BCUT2D eigenvalue weighted by molar-refractivity contribution is 0.0697. The first-order chi connectivity index (χ1) is 21.4. The van der Waals surface area contributed by atoms with Gasteiger partial charge in [-0.3, -0.25) is 0 Å². The fourth-order valence-electron chi connectivity index (χ4n) is 6.38. The highest BCUT2D eigenvalue weighted by Crippen LogP contribution is 2.39. The summed E-state index contributed by atoms with van der Waals surface area (Å²) in [6.07, 6.45) is 5.76. The highest BCUT2D eigenvalue weighted by atomic mass is 35.5. The topological polar surface area (TPSA) is 77.2 Å². The number of nitrogens with zero attached hydrogens (tertiary/aromatic N) is 3. The number of rotatable bonds is 6. The number of carboxylic acid groups (broad SMARTS) is 1. The molecule has 0 amide bonds. The molecule has 2 aromatic heterocycles. The number of halogens is 2. The molecule has 44 heavy (non-hydrogen) atoms. The smallest absolute Gasteiger partial charge is 0.335 e. The van der Waals surface area contributed by atoms with Crippen molar-refractivity contribution in [3.8, 4) is 39.5 Å². The number of ether oxygens (including phenoxy) is 1. The van der Waals surface area contributed by atoms with Crippen molar-refractivity contribution in [2.45, 2.75) is 38.1 Å². The van der Waals surface area contributed by atoms with Crippen molar-refractivity contribution < 1.29 is 14.6 Å². The standard InChI is InChI=1S/C36H29Cl2N3O3/c1-44-28-10-11-29(24-16-25(37)19-26(38)17-24)30(20-28)32-13-7-21-15-22(8-12-31(21)39-32)35-40-33-18-23(36(42)43)9-14-34(33)41(35)27-5-3-2-4-6-27/h7-20,27H,2-6H2,1H3,(H,42,43). The van der Waals surface area contributed by atoms with Crippen LogP contribution in [-0.4, -0.2) is 32.7 Å². The Bertz CT molecular complexity index is 2040. The van der Waals surface area contributed by atoms with Gasteiger partial charge < -0.3 is 14.4 Å². The molecule has 8 heteroatoms. The monoisotopic (exact) mass is 621 g/mol. The van der Waals surface area contributed by atoms with Crippen molar-refractivity contribution in [1.29, 1.82) is 0 Å². The number of fused-ring (bicyclic) bond motifs is 2. The van der Waals surface area contributed by atoms with Gasteiger partial charge in [-0.15, -0.1) is 0 Å². The molecule has 1 aliphatic carbocycles. The minimum absolute atomic E-state index is 0.240. The Balaban J connectivity index is 1.34. The lowest BCUT2D eigenvalue weighted by Gasteiger charge is -2.25. The van der Waals surface area contributed by atoms with Crippen LogP contribution in [0.15, 0.2) is 84.9 Å². The second-order valence-electron chi connectivity index (χ2n) is 11.3. The predicted octanol–water partition coefficient (Wildman–Crippen LogP) is 10.1. The Morgan fingerprint density at radius 2 is 1.59 bits per heavy atom. The minimum Gasteiger partial charge on any atom is -0.497 e. The molecule has 1 saturated carbocycles. The Labute approximate surface area is 264 Å². The number of hydrogen-bond donors (Lipinski definition) is 1. The Morgan fingerprint density at radius 1 is 0.795 bits per heavy atom. The van der Waals surface area contributed by atoms with E-state index < -0.39 is 5.97 Å². The molecule has 1 N–H and O–H groups in total. The van der Waals surface area contributed by atoms with Crippen molar-refractivity contribution in [2.24, 2.45) is 0 Å². The molecular formula is C36H29Cl2N3O3. The molecule has 6 aromatic rings. The summed E-state index contributed by atoms with van der Waals surface area (Å²) >= 11 is 12.7. The molecular weight excluding hydrogens is 593 g/mol. The van der Waals surface area contributed by atoms with E-state index in [1.807, 2.05) is 48.5 Å². The maximum Gasteiger partial charge on any atom is 0.335 e. The molecule has 0 bridgehead atoms. The van der Waals surface area contributed by atoms with E-state index in [1.54, 1.807) is 25.3 Å². The van der Waals surface area contributed by atoms with E-state index >= 15 is 0 Å². The zero-order valence-corrected chi connectivity index (χ0v) is 25.6. The third-order valence-electron chi connectivity index (χ3n) is 8.50. The summed E-state index contributed by atoms with van der Waals surface area (Å²) in [5.74, 6) is 0.626. The molecule has 0 unspecified atom stereocenters. The second-order valence-corrected chi connectivity index (χ2v) is 12.2. The van der Waals surface area contributed by atoms with Gasteiger partial charge in [-0.25, -0.2) is 14.8 Å².